The smallest absolute Gasteiger partial charge is 0.136 e. The summed E-state index contributed by atoms with van der Waals surface area (Å²) in [6, 6.07) is 0.411. The second kappa shape index (κ2) is 5.08. The number of carbonyl (C=O) groups is 1. The van der Waals surface area contributed by atoms with Crippen molar-refractivity contribution in [3.8, 4) is 0 Å². The lowest BCUT2D eigenvalue weighted by Crippen LogP contribution is -2.40. The minimum atomic E-state index is 0.376. The molecule has 2 aliphatic rings. The number of piperidine rings is 1. The van der Waals surface area contributed by atoms with E-state index in [2.05, 4.69) is 4.90 Å². The molecule has 2 N–H and O–H groups in total. The van der Waals surface area contributed by atoms with E-state index >= 15 is 0 Å². The summed E-state index contributed by atoms with van der Waals surface area (Å²) in [7, 11) is 0. The Morgan fingerprint density at radius 2 is 2.00 bits per heavy atom. The fraction of sp³-hybridized carbons (Fsp3) is 0.917. The van der Waals surface area contributed by atoms with Crippen LogP contribution in [0.3, 0.4) is 0 Å². The molecule has 1 aliphatic carbocycles. The Balaban J connectivity index is 1.67. The topological polar surface area (TPSA) is 46.3 Å². The first-order valence-electron chi connectivity index (χ1n) is 6.26. The molecule has 1 saturated carbocycles. The van der Waals surface area contributed by atoms with Crippen LogP contribution in [0.25, 0.3) is 0 Å². The number of hydrogen-bond acceptors (Lipinski definition) is 3. The molecule has 0 bridgehead atoms. The molecule has 0 amide bonds. The minimum Gasteiger partial charge on any atom is -0.328 e. The van der Waals surface area contributed by atoms with E-state index in [1.54, 1.807) is 0 Å². The number of rotatable bonds is 3. The van der Waals surface area contributed by atoms with Crippen LogP contribution < -0.4 is 5.73 Å². The molecule has 0 aromatic carbocycles. The predicted octanol–water partition coefficient (Wildman–Crippen LogP) is 1.17. The maximum absolute atomic E-state index is 11.5. The van der Waals surface area contributed by atoms with Gasteiger partial charge in [0.1, 0.15) is 5.78 Å². The Bertz CT molecular complexity index is 222. The largest absolute Gasteiger partial charge is 0.328 e. The van der Waals surface area contributed by atoms with Crippen LogP contribution in [0.15, 0.2) is 0 Å². The van der Waals surface area contributed by atoms with Crippen molar-refractivity contribution in [1.29, 1.82) is 0 Å². The number of Topliss-reactive ketones (excluding diaryl/α,β-unsaturated/α-hetero) is 1. The SMILES string of the molecule is NC1CCN(CCC2CCCC2=O)CC1. The summed E-state index contributed by atoms with van der Waals surface area (Å²) in [4.78, 5) is 13.9. The second-order valence-electron chi connectivity index (χ2n) is 5.02. The van der Waals surface area contributed by atoms with Crippen molar-refractivity contribution < 1.29 is 4.79 Å². The van der Waals surface area contributed by atoms with Crippen molar-refractivity contribution in [1.82, 2.24) is 4.90 Å². The van der Waals surface area contributed by atoms with E-state index in [4.69, 9.17) is 5.73 Å². The summed E-state index contributed by atoms with van der Waals surface area (Å²) >= 11 is 0. The van der Waals surface area contributed by atoms with Crippen molar-refractivity contribution in [2.75, 3.05) is 19.6 Å². The Labute approximate surface area is 92.0 Å². The first kappa shape index (κ1) is 11.1. The first-order valence-corrected chi connectivity index (χ1v) is 6.26. The van der Waals surface area contributed by atoms with Gasteiger partial charge in [0, 0.05) is 18.4 Å². The molecule has 1 aliphatic heterocycles. The van der Waals surface area contributed by atoms with Crippen LogP contribution in [-0.4, -0.2) is 36.4 Å². The van der Waals surface area contributed by atoms with E-state index in [1.807, 2.05) is 0 Å². The predicted molar refractivity (Wildman–Crippen MR) is 60.6 cm³/mol. The molecule has 3 heteroatoms. The molecule has 0 radical (unpaired) electrons. The number of carbonyl (C=O) groups excluding carboxylic acids is 1. The molecule has 86 valence electrons. The fourth-order valence-corrected chi connectivity index (χ4v) is 2.71. The Morgan fingerprint density at radius 1 is 1.27 bits per heavy atom. The van der Waals surface area contributed by atoms with Gasteiger partial charge in [-0.25, -0.2) is 0 Å². The second-order valence-corrected chi connectivity index (χ2v) is 5.02. The lowest BCUT2D eigenvalue weighted by molar-refractivity contribution is -0.120. The third-order valence-electron chi connectivity index (χ3n) is 3.86. The van der Waals surface area contributed by atoms with Gasteiger partial charge in [0.15, 0.2) is 0 Å². The van der Waals surface area contributed by atoms with E-state index in [1.165, 1.54) is 0 Å². The van der Waals surface area contributed by atoms with Gasteiger partial charge < -0.3 is 10.6 Å². The van der Waals surface area contributed by atoms with Gasteiger partial charge in [-0.1, -0.05) is 0 Å². The highest BCUT2D eigenvalue weighted by atomic mass is 16.1. The number of likely N-dealkylation sites (tertiary alicyclic amines) is 1. The zero-order chi connectivity index (χ0) is 10.7. The van der Waals surface area contributed by atoms with Crippen LogP contribution in [-0.2, 0) is 4.79 Å². The molecular formula is C12H22N2O. The number of nitrogens with two attached hydrogens (primary N) is 1. The third-order valence-corrected chi connectivity index (χ3v) is 3.86. The van der Waals surface area contributed by atoms with Crippen LogP contribution in [0, 0.1) is 5.92 Å². The number of nitrogens with zero attached hydrogens (tertiary/aromatic N) is 1. The molecule has 2 rings (SSSR count). The van der Waals surface area contributed by atoms with Gasteiger partial charge in [-0.05, 0) is 51.7 Å². The molecule has 1 unspecified atom stereocenters. The summed E-state index contributed by atoms with van der Waals surface area (Å²) in [6.45, 7) is 3.35. The molecule has 0 aromatic rings. The van der Waals surface area contributed by atoms with Crippen LogP contribution in [0.4, 0.5) is 0 Å². The van der Waals surface area contributed by atoms with Crippen molar-refractivity contribution >= 4 is 5.78 Å². The average Bonchev–Trinajstić information content (AvgIpc) is 2.63. The molecule has 15 heavy (non-hydrogen) atoms. The van der Waals surface area contributed by atoms with E-state index in [0.29, 0.717) is 17.7 Å². The van der Waals surface area contributed by atoms with Gasteiger partial charge in [0.2, 0.25) is 0 Å². The van der Waals surface area contributed by atoms with Gasteiger partial charge in [0.25, 0.3) is 0 Å². The summed E-state index contributed by atoms with van der Waals surface area (Å²) in [6.07, 6.45) is 6.40. The highest BCUT2D eigenvalue weighted by Crippen LogP contribution is 2.24. The fourth-order valence-electron chi connectivity index (χ4n) is 2.71. The van der Waals surface area contributed by atoms with Crippen molar-refractivity contribution in [2.45, 2.75) is 44.6 Å². The maximum atomic E-state index is 11.5. The van der Waals surface area contributed by atoms with Crippen LogP contribution in [0.1, 0.15) is 38.5 Å². The number of hydrogen-bond donors (Lipinski definition) is 1. The maximum Gasteiger partial charge on any atom is 0.136 e. The zero-order valence-electron chi connectivity index (χ0n) is 9.45. The molecule has 0 aromatic heterocycles. The van der Waals surface area contributed by atoms with E-state index in [9.17, 15) is 4.79 Å². The van der Waals surface area contributed by atoms with Crippen LogP contribution in [0.2, 0.25) is 0 Å². The molecule has 1 atom stereocenters. The summed E-state index contributed by atoms with van der Waals surface area (Å²) < 4.78 is 0. The van der Waals surface area contributed by atoms with Crippen LogP contribution in [0.5, 0.6) is 0 Å². The summed E-state index contributed by atoms with van der Waals surface area (Å²) in [5.41, 5.74) is 5.86. The molecule has 1 heterocycles. The summed E-state index contributed by atoms with van der Waals surface area (Å²) in [5.74, 6) is 0.879. The van der Waals surface area contributed by atoms with Gasteiger partial charge in [-0.15, -0.1) is 0 Å². The van der Waals surface area contributed by atoms with Crippen molar-refractivity contribution in [3.05, 3.63) is 0 Å². The van der Waals surface area contributed by atoms with E-state index in [-0.39, 0.29) is 0 Å². The lowest BCUT2D eigenvalue weighted by atomic mass is 10.0. The average molecular weight is 210 g/mol. The minimum absolute atomic E-state index is 0.376. The molecule has 1 saturated heterocycles. The van der Waals surface area contributed by atoms with Gasteiger partial charge in [-0.2, -0.15) is 0 Å². The van der Waals surface area contributed by atoms with Crippen molar-refractivity contribution in [2.24, 2.45) is 11.7 Å². The van der Waals surface area contributed by atoms with E-state index < -0.39 is 0 Å². The standard InChI is InChI=1S/C12H22N2O/c13-11-5-8-14(9-6-11)7-4-10-2-1-3-12(10)15/h10-11H,1-9,13H2. The van der Waals surface area contributed by atoms with Crippen LogP contribution >= 0.6 is 0 Å². The van der Waals surface area contributed by atoms with E-state index in [0.717, 1.165) is 58.2 Å². The van der Waals surface area contributed by atoms with Gasteiger partial charge in [0.05, 0.1) is 0 Å². The normalized spacial score (nSPS) is 29.9. The zero-order valence-corrected chi connectivity index (χ0v) is 9.45. The molecular weight excluding hydrogens is 188 g/mol. The monoisotopic (exact) mass is 210 g/mol. The molecule has 3 nitrogen and oxygen atoms in total. The highest BCUT2D eigenvalue weighted by molar-refractivity contribution is 5.82. The lowest BCUT2D eigenvalue weighted by Gasteiger charge is -2.30. The first-order chi connectivity index (χ1) is 7.25. The van der Waals surface area contributed by atoms with Gasteiger partial charge in [-0.3, -0.25) is 4.79 Å². The quantitative estimate of drug-likeness (QED) is 0.760. The van der Waals surface area contributed by atoms with Crippen molar-refractivity contribution in [3.63, 3.8) is 0 Å². The molecule has 0 spiro atoms. The Kier molecular flexibility index (Phi) is 3.76. The highest BCUT2D eigenvalue weighted by Gasteiger charge is 2.25. The Hall–Kier alpha value is -0.410. The summed E-state index contributed by atoms with van der Waals surface area (Å²) in [5, 5.41) is 0. The molecule has 2 fully saturated rings. The number of ketones is 1. The third kappa shape index (κ3) is 3.02. The van der Waals surface area contributed by atoms with Gasteiger partial charge >= 0.3 is 0 Å². The Morgan fingerprint density at radius 3 is 2.60 bits per heavy atom.